The lowest BCUT2D eigenvalue weighted by molar-refractivity contribution is -0.0263. The Bertz CT molecular complexity index is 427. The first-order valence-electron chi connectivity index (χ1n) is 6.03. The van der Waals surface area contributed by atoms with Gasteiger partial charge in [-0.25, -0.2) is 0 Å². The summed E-state index contributed by atoms with van der Waals surface area (Å²) in [4.78, 5) is 0. The maximum Gasteiger partial charge on any atom is 0.120 e. The maximum atomic E-state index is 10.3. The molecule has 1 fully saturated rings. The van der Waals surface area contributed by atoms with Gasteiger partial charge in [0.05, 0.1) is 6.10 Å². The number of halogens is 1. The molecule has 1 aliphatic rings. The van der Waals surface area contributed by atoms with Gasteiger partial charge in [-0.15, -0.1) is 0 Å². The van der Waals surface area contributed by atoms with Gasteiger partial charge in [0.15, 0.2) is 0 Å². The van der Waals surface area contributed by atoms with Gasteiger partial charge >= 0.3 is 0 Å². The molecule has 2 unspecified atom stereocenters. The predicted molar refractivity (Wildman–Crippen MR) is 69.8 cm³/mol. The minimum atomic E-state index is -0.825. The smallest absolute Gasteiger partial charge is 0.120 e. The first kappa shape index (κ1) is 13.6. The summed E-state index contributed by atoms with van der Waals surface area (Å²) in [5.41, 5.74) is -0.105. The monoisotopic (exact) mass is 271 g/mol. The standard InChI is InChI=1S/C13H18ClNO3/c1-9-13(17,4-5-18-9)8-15-7-10-6-11(14)2-3-12(10)16/h2-3,6,9,15-17H,4-5,7-8H2,1H3. The molecule has 3 N–H and O–H groups in total. The Morgan fingerprint density at radius 2 is 2.33 bits per heavy atom. The molecule has 0 spiro atoms. The third-order valence-electron chi connectivity index (χ3n) is 3.45. The first-order chi connectivity index (χ1) is 8.51. The van der Waals surface area contributed by atoms with Crippen LogP contribution >= 0.6 is 11.6 Å². The van der Waals surface area contributed by atoms with Gasteiger partial charge in [0.1, 0.15) is 11.4 Å². The van der Waals surface area contributed by atoms with Gasteiger partial charge in [-0.2, -0.15) is 0 Å². The van der Waals surface area contributed by atoms with Crippen molar-refractivity contribution in [3.63, 3.8) is 0 Å². The number of aromatic hydroxyl groups is 1. The van der Waals surface area contributed by atoms with Crippen molar-refractivity contribution in [3.8, 4) is 5.75 Å². The van der Waals surface area contributed by atoms with Crippen molar-refractivity contribution in [3.05, 3.63) is 28.8 Å². The number of rotatable bonds is 4. The van der Waals surface area contributed by atoms with E-state index in [1.165, 1.54) is 0 Å². The number of nitrogens with one attached hydrogen (secondary N) is 1. The van der Waals surface area contributed by atoms with Crippen LogP contribution in [0.4, 0.5) is 0 Å². The lowest BCUT2D eigenvalue weighted by Gasteiger charge is -2.26. The number of ether oxygens (including phenoxy) is 1. The van der Waals surface area contributed by atoms with Crippen molar-refractivity contribution in [1.82, 2.24) is 5.32 Å². The molecule has 1 heterocycles. The van der Waals surface area contributed by atoms with Gasteiger partial charge in [0.25, 0.3) is 0 Å². The fourth-order valence-electron chi connectivity index (χ4n) is 2.11. The third-order valence-corrected chi connectivity index (χ3v) is 3.68. The van der Waals surface area contributed by atoms with Crippen LogP contribution in [-0.4, -0.2) is 35.1 Å². The van der Waals surface area contributed by atoms with Crippen LogP contribution in [0, 0.1) is 0 Å². The molecule has 1 aromatic rings. The van der Waals surface area contributed by atoms with Crippen LogP contribution in [-0.2, 0) is 11.3 Å². The Labute approximate surface area is 112 Å². The SMILES string of the molecule is CC1OCCC1(O)CNCc1cc(Cl)ccc1O. The number of phenols is 1. The summed E-state index contributed by atoms with van der Waals surface area (Å²) >= 11 is 5.87. The fourth-order valence-corrected chi connectivity index (χ4v) is 2.31. The van der Waals surface area contributed by atoms with Crippen LogP contribution in [0.1, 0.15) is 18.9 Å². The second-order valence-corrected chi connectivity index (χ2v) is 5.18. The van der Waals surface area contributed by atoms with E-state index in [2.05, 4.69) is 5.32 Å². The zero-order valence-electron chi connectivity index (χ0n) is 10.3. The van der Waals surface area contributed by atoms with E-state index in [9.17, 15) is 10.2 Å². The minimum absolute atomic E-state index is 0.169. The number of aliphatic hydroxyl groups is 1. The summed E-state index contributed by atoms with van der Waals surface area (Å²) in [5, 5.41) is 23.7. The van der Waals surface area contributed by atoms with E-state index in [1.54, 1.807) is 18.2 Å². The van der Waals surface area contributed by atoms with Gasteiger partial charge in [-0.1, -0.05) is 11.6 Å². The fraction of sp³-hybridized carbons (Fsp3) is 0.538. The zero-order valence-corrected chi connectivity index (χ0v) is 11.1. The van der Waals surface area contributed by atoms with Crippen molar-refractivity contribution in [2.24, 2.45) is 0 Å². The van der Waals surface area contributed by atoms with E-state index >= 15 is 0 Å². The van der Waals surface area contributed by atoms with E-state index in [-0.39, 0.29) is 11.9 Å². The van der Waals surface area contributed by atoms with Gasteiger partial charge in [-0.3, -0.25) is 0 Å². The van der Waals surface area contributed by atoms with Gasteiger partial charge in [0.2, 0.25) is 0 Å². The summed E-state index contributed by atoms with van der Waals surface area (Å²) in [5.74, 6) is 0.203. The highest BCUT2D eigenvalue weighted by Gasteiger charge is 2.38. The molecule has 0 aliphatic carbocycles. The van der Waals surface area contributed by atoms with E-state index in [0.717, 1.165) is 5.56 Å². The van der Waals surface area contributed by atoms with Crippen LogP contribution in [0.5, 0.6) is 5.75 Å². The van der Waals surface area contributed by atoms with E-state index in [4.69, 9.17) is 16.3 Å². The average Bonchev–Trinajstić information content (AvgIpc) is 2.64. The van der Waals surface area contributed by atoms with Crippen molar-refractivity contribution >= 4 is 11.6 Å². The lowest BCUT2D eigenvalue weighted by atomic mass is 9.96. The second kappa shape index (κ2) is 5.45. The van der Waals surface area contributed by atoms with Crippen LogP contribution in [0.15, 0.2) is 18.2 Å². The largest absolute Gasteiger partial charge is 0.508 e. The lowest BCUT2D eigenvalue weighted by Crippen LogP contribution is -2.45. The summed E-state index contributed by atoms with van der Waals surface area (Å²) in [6.45, 7) is 3.34. The Morgan fingerprint density at radius 1 is 1.56 bits per heavy atom. The number of benzene rings is 1. The molecule has 100 valence electrons. The molecule has 0 amide bonds. The highest BCUT2D eigenvalue weighted by molar-refractivity contribution is 6.30. The molecule has 1 aromatic carbocycles. The Hall–Kier alpha value is -0.810. The number of hydrogen-bond donors (Lipinski definition) is 3. The summed E-state index contributed by atoms with van der Waals surface area (Å²) in [7, 11) is 0. The molecule has 2 atom stereocenters. The van der Waals surface area contributed by atoms with Gasteiger partial charge < -0.3 is 20.3 Å². The molecule has 1 aliphatic heterocycles. The molecule has 18 heavy (non-hydrogen) atoms. The highest BCUT2D eigenvalue weighted by Crippen LogP contribution is 2.25. The van der Waals surface area contributed by atoms with Gasteiger partial charge in [-0.05, 0) is 25.1 Å². The molecule has 1 saturated heterocycles. The van der Waals surface area contributed by atoms with Crippen molar-refractivity contribution in [1.29, 1.82) is 0 Å². The molecular formula is C13H18ClNO3. The predicted octanol–water partition coefficient (Wildman–Crippen LogP) is 1.68. The van der Waals surface area contributed by atoms with Crippen LogP contribution in [0.3, 0.4) is 0 Å². The normalized spacial score (nSPS) is 27.6. The maximum absolute atomic E-state index is 10.3. The van der Waals surface area contributed by atoms with Crippen LogP contribution in [0.25, 0.3) is 0 Å². The topological polar surface area (TPSA) is 61.7 Å². The molecule has 5 heteroatoms. The molecule has 0 bridgehead atoms. The summed E-state index contributed by atoms with van der Waals surface area (Å²) in [6, 6.07) is 4.92. The van der Waals surface area contributed by atoms with Crippen molar-refractivity contribution in [2.45, 2.75) is 31.6 Å². The van der Waals surface area contributed by atoms with Crippen molar-refractivity contribution < 1.29 is 14.9 Å². The molecule has 0 aromatic heterocycles. The Kier molecular flexibility index (Phi) is 4.12. The average molecular weight is 272 g/mol. The van der Waals surface area contributed by atoms with E-state index < -0.39 is 5.60 Å². The van der Waals surface area contributed by atoms with Crippen molar-refractivity contribution in [2.75, 3.05) is 13.2 Å². The third kappa shape index (κ3) is 2.95. The van der Waals surface area contributed by atoms with Crippen LogP contribution < -0.4 is 5.32 Å². The molecule has 0 saturated carbocycles. The number of phenolic OH excluding ortho intramolecular Hbond substituents is 1. The molecule has 4 nitrogen and oxygen atoms in total. The minimum Gasteiger partial charge on any atom is -0.508 e. The first-order valence-corrected chi connectivity index (χ1v) is 6.41. The Morgan fingerprint density at radius 3 is 3.00 bits per heavy atom. The zero-order chi connectivity index (χ0) is 13.2. The molecule has 2 rings (SSSR count). The summed E-state index contributed by atoms with van der Waals surface area (Å²) in [6.07, 6.45) is 0.459. The highest BCUT2D eigenvalue weighted by atomic mass is 35.5. The van der Waals surface area contributed by atoms with Gasteiger partial charge in [0, 0.05) is 36.7 Å². The quantitative estimate of drug-likeness (QED) is 0.780. The molecule has 0 radical (unpaired) electrons. The Balaban J connectivity index is 1.90. The van der Waals surface area contributed by atoms with Crippen LogP contribution in [0.2, 0.25) is 5.02 Å². The van der Waals surface area contributed by atoms with E-state index in [0.29, 0.717) is 31.1 Å². The molecular weight excluding hydrogens is 254 g/mol. The second-order valence-electron chi connectivity index (χ2n) is 4.74. The van der Waals surface area contributed by atoms with E-state index in [1.807, 2.05) is 6.92 Å². The number of hydrogen-bond acceptors (Lipinski definition) is 4. The summed E-state index contributed by atoms with van der Waals surface area (Å²) < 4.78 is 5.35.